The van der Waals surface area contributed by atoms with Crippen molar-refractivity contribution in [1.29, 1.82) is 0 Å². The van der Waals surface area contributed by atoms with Crippen molar-refractivity contribution in [3.63, 3.8) is 0 Å². The summed E-state index contributed by atoms with van der Waals surface area (Å²) in [7, 11) is 2.14. The highest BCUT2D eigenvalue weighted by Gasteiger charge is 2.14. The van der Waals surface area contributed by atoms with Crippen LogP contribution in [0, 0.1) is 6.92 Å². The zero-order chi connectivity index (χ0) is 25.9. The third-order valence-corrected chi connectivity index (χ3v) is 5.93. The van der Waals surface area contributed by atoms with Gasteiger partial charge in [0.25, 0.3) is 5.91 Å². The Morgan fingerprint density at radius 1 is 1.06 bits per heavy atom. The Bertz CT molecular complexity index is 1150. The van der Waals surface area contributed by atoms with Crippen LogP contribution >= 0.6 is 0 Å². The molecular formula is C28H34N6O2. The molecule has 1 saturated heterocycles. The molecule has 3 N–H and O–H groups in total. The van der Waals surface area contributed by atoms with Gasteiger partial charge in [-0.2, -0.15) is 0 Å². The fourth-order valence-corrected chi connectivity index (χ4v) is 3.70. The molecule has 188 valence electrons. The van der Waals surface area contributed by atoms with Crippen LogP contribution in [0.2, 0.25) is 0 Å². The predicted octanol–water partition coefficient (Wildman–Crippen LogP) is 4.40. The number of rotatable bonds is 9. The molecule has 8 nitrogen and oxygen atoms in total. The van der Waals surface area contributed by atoms with Gasteiger partial charge in [-0.25, -0.2) is 4.79 Å². The number of hydrogen-bond acceptors (Lipinski definition) is 5. The van der Waals surface area contributed by atoms with Gasteiger partial charge in [0.15, 0.2) is 0 Å². The first-order chi connectivity index (χ1) is 17.4. The van der Waals surface area contributed by atoms with E-state index >= 15 is 0 Å². The van der Waals surface area contributed by atoms with Crippen LogP contribution in [0.15, 0.2) is 84.2 Å². The van der Waals surface area contributed by atoms with Crippen molar-refractivity contribution in [2.45, 2.75) is 13.5 Å². The molecule has 3 rings (SSSR count). The third-order valence-electron chi connectivity index (χ3n) is 5.93. The van der Waals surface area contributed by atoms with Gasteiger partial charge < -0.3 is 20.9 Å². The molecular weight excluding hydrogens is 452 g/mol. The van der Waals surface area contributed by atoms with E-state index in [0.717, 1.165) is 38.3 Å². The summed E-state index contributed by atoms with van der Waals surface area (Å²) in [6, 6.07) is 12.7. The van der Waals surface area contributed by atoms with Crippen molar-refractivity contribution in [3.05, 3.63) is 95.9 Å². The molecule has 0 atom stereocenters. The maximum atomic E-state index is 12.8. The number of hydrogen-bond donors (Lipinski definition) is 3. The lowest BCUT2D eigenvalue weighted by Crippen LogP contribution is -2.43. The SMILES string of the molecule is C=CC(/C=C/NC(=O)Nc1cc(NC(=O)c2ccc(CN3CCN(C)CC3)cc2)ccc1C)=C\N=C. The molecule has 1 fully saturated rings. The van der Waals surface area contributed by atoms with Crippen molar-refractivity contribution in [3.8, 4) is 0 Å². The maximum Gasteiger partial charge on any atom is 0.323 e. The van der Waals surface area contributed by atoms with Crippen molar-refractivity contribution in [1.82, 2.24) is 15.1 Å². The van der Waals surface area contributed by atoms with E-state index in [-0.39, 0.29) is 5.91 Å². The van der Waals surface area contributed by atoms with Gasteiger partial charge in [0, 0.05) is 62.1 Å². The number of amides is 3. The van der Waals surface area contributed by atoms with Crippen LogP contribution in [0.1, 0.15) is 21.5 Å². The molecule has 0 radical (unpaired) electrons. The van der Waals surface area contributed by atoms with Crippen LogP contribution in [0.4, 0.5) is 16.2 Å². The quantitative estimate of drug-likeness (QED) is 0.362. The Morgan fingerprint density at radius 3 is 2.44 bits per heavy atom. The number of piperazine rings is 1. The average Bonchev–Trinajstić information content (AvgIpc) is 2.87. The minimum absolute atomic E-state index is 0.206. The van der Waals surface area contributed by atoms with Crippen molar-refractivity contribution in [2.75, 3.05) is 43.9 Å². The molecule has 8 heteroatoms. The number of nitrogens with one attached hydrogen (secondary N) is 3. The van der Waals surface area contributed by atoms with E-state index in [0.29, 0.717) is 22.5 Å². The van der Waals surface area contributed by atoms with E-state index in [4.69, 9.17) is 0 Å². The van der Waals surface area contributed by atoms with Crippen molar-refractivity contribution < 1.29 is 9.59 Å². The lowest BCUT2D eigenvalue weighted by atomic mass is 10.1. The highest BCUT2D eigenvalue weighted by molar-refractivity contribution is 6.04. The molecule has 0 unspecified atom stereocenters. The number of carbonyl (C=O) groups excluding carboxylic acids is 2. The largest absolute Gasteiger partial charge is 0.323 e. The van der Waals surface area contributed by atoms with Gasteiger partial charge in [0.1, 0.15) is 0 Å². The summed E-state index contributed by atoms with van der Waals surface area (Å²) in [6.07, 6.45) is 6.27. The van der Waals surface area contributed by atoms with Gasteiger partial charge in [0.2, 0.25) is 0 Å². The van der Waals surface area contributed by atoms with E-state index in [9.17, 15) is 9.59 Å². The second kappa shape index (κ2) is 13.2. The fraction of sp³-hybridized carbons (Fsp3) is 0.250. The molecule has 3 amide bonds. The van der Waals surface area contributed by atoms with E-state index in [1.165, 1.54) is 18.0 Å². The van der Waals surface area contributed by atoms with Crippen LogP contribution in [-0.2, 0) is 6.54 Å². The average molecular weight is 487 g/mol. The second-order valence-electron chi connectivity index (χ2n) is 8.71. The Balaban J connectivity index is 1.56. The highest BCUT2D eigenvalue weighted by Crippen LogP contribution is 2.21. The van der Waals surface area contributed by atoms with Gasteiger partial charge in [-0.05, 0) is 67.7 Å². The number of nitrogens with zero attached hydrogens (tertiary/aromatic N) is 3. The number of carbonyl (C=O) groups is 2. The number of aryl methyl sites for hydroxylation is 1. The summed E-state index contributed by atoms with van der Waals surface area (Å²) < 4.78 is 0. The minimum Gasteiger partial charge on any atom is -0.322 e. The van der Waals surface area contributed by atoms with E-state index in [2.05, 4.69) is 51.1 Å². The monoisotopic (exact) mass is 486 g/mol. The molecule has 2 aromatic carbocycles. The normalized spacial score (nSPS) is 14.9. The Kier molecular flexibility index (Phi) is 9.73. The van der Waals surface area contributed by atoms with Gasteiger partial charge in [-0.1, -0.05) is 30.9 Å². The minimum atomic E-state index is -0.413. The molecule has 0 saturated carbocycles. The standard InChI is InChI=1S/C28H34N6O2/c1-5-22(19-29-3)12-13-30-28(36)32-26-18-25(11-6-21(26)2)31-27(35)24-9-7-23(8-10-24)20-34-16-14-33(4)15-17-34/h5-13,18-19H,1,3,14-17,20H2,2,4H3,(H,31,35)(H2,30,32,36)/b13-12+,22-19+. The summed E-state index contributed by atoms with van der Waals surface area (Å²) in [5.41, 5.74) is 4.52. The zero-order valence-corrected chi connectivity index (χ0v) is 21.0. The molecule has 0 aliphatic carbocycles. The molecule has 1 heterocycles. The molecule has 36 heavy (non-hydrogen) atoms. The Morgan fingerprint density at radius 2 is 1.78 bits per heavy atom. The zero-order valence-electron chi connectivity index (χ0n) is 21.0. The van der Waals surface area contributed by atoms with Crippen LogP contribution < -0.4 is 16.0 Å². The topological polar surface area (TPSA) is 89.1 Å². The first-order valence-electron chi connectivity index (χ1n) is 11.8. The van der Waals surface area contributed by atoms with Crippen LogP contribution in [0.25, 0.3) is 0 Å². The van der Waals surface area contributed by atoms with Crippen LogP contribution in [0.5, 0.6) is 0 Å². The molecule has 2 aromatic rings. The Hall–Kier alpha value is -4.01. The van der Waals surface area contributed by atoms with Gasteiger partial charge in [-0.15, -0.1) is 0 Å². The van der Waals surface area contributed by atoms with Gasteiger partial charge in [0.05, 0.1) is 0 Å². The van der Waals surface area contributed by atoms with Crippen LogP contribution in [0.3, 0.4) is 0 Å². The smallest absolute Gasteiger partial charge is 0.322 e. The van der Waals surface area contributed by atoms with Crippen molar-refractivity contribution in [2.24, 2.45) is 4.99 Å². The highest BCUT2D eigenvalue weighted by atomic mass is 16.2. The predicted molar refractivity (Wildman–Crippen MR) is 147 cm³/mol. The number of likely N-dealkylation sites (N-methyl/N-ethyl adjacent to an activating group) is 1. The number of urea groups is 1. The molecule has 1 aliphatic rings. The van der Waals surface area contributed by atoms with Crippen molar-refractivity contribution >= 4 is 30.0 Å². The maximum absolute atomic E-state index is 12.8. The number of benzene rings is 2. The van der Waals surface area contributed by atoms with Gasteiger partial charge in [-0.3, -0.25) is 14.7 Å². The first-order valence-corrected chi connectivity index (χ1v) is 11.8. The van der Waals surface area contributed by atoms with Crippen LogP contribution in [-0.4, -0.2) is 61.7 Å². The molecule has 0 spiro atoms. The summed E-state index contributed by atoms with van der Waals surface area (Å²) in [4.78, 5) is 33.5. The molecule has 1 aliphatic heterocycles. The fourth-order valence-electron chi connectivity index (χ4n) is 3.70. The third kappa shape index (κ3) is 8.04. The summed E-state index contributed by atoms with van der Waals surface area (Å²) >= 11 is 0. The summed E-state index contributed by atoms with van der Waals surface area (Å²) in [5.74, 6) is -0.206. The second-order valence-corrected chi connectivity index (χ2v) is 8.71. The number of allylic oxidation sites excluding steroid dienone is 3. The van der Waals surface area contributed by atoms with E-state index in [1.54, 1.807) is 24.3 Å². The molecule has 0 aromatic heterocycles. The van der Waals surface area contributed by atoms with E-state index in [1.807, 2.05) is 37.3 Å². The lowest BCUT2D eigenvalue weighted by molar-refractivity contribution is 0.102. The summed E-state index contributed by atoms with van der Waals surface area (Å²) in [5, 5.41) is 8.33. The molecule has 0 bridgehead atoms. The Labute approximate surface area is 213 Å². The van der Waals surface area contributed by atoms with E-state index < -0.39 is 6.03 Å². The lowest BCUT2D eigenvalue weighted by Gasteiger charge is -2.32. The number of aliphatic imine (C=N–C) groups is 1. The summed E-state index contributed by atoms with van der Waals surface area (Å²) in [6.45, 7) is 14.1. The number of anilines is 2. The first kappa shape index (κ1) is 26.6. The van der Waals surface area contributed by atoms with Gasteiger partial charge >= 0.3 is 6.03 Å².